The largest absolute Gasteiger partial charge is 0.377 e. The number of ether oxygens (including phenoxy) is 1. The fourth-order valence-corrected chi connectivity index (χ4v) is 2.50. The number of rotatable bonds is 8. The third-order valence-corrected chi connectivity index (χ3v) is 3.50. The smallest absolute Gasteiger partial charge is 0.124 e. The molecule has 0 radical (unpaired) electrons. The Morgan fingerprint density at radius 1 is 1.32 bits per heavy atom. The van der Waals surface area contributed by atoms with Crippen LogP contribution < -0.4 is 5.32 Å². The molecule has 1 N–H and O–H groups in total. The van der Waals surface area contributed by atoms with Gasteiger partial charge in [-0.25, -0.2) is 4.39 Å². The van der Waals surface area contributed by atoms with Crippen LogP contribution in [-0.4, -0.2) is 25.3 Å². The third kappa shape index (κ3) is 5.09. The van der Waals surface area contributed by atoms with Gasteiger partial charge in [-0.15, -0.1) is 0 Å². The Labute approximate surface area is 120 Å². The predicted octanol–water partition coefficient (Wildman–Crippen LogP) is 3.81. The van der Waals surface area contributed by atoms with Crippen LogP contribution in [0.1, 0.15) is 32.8 Å². The minimum absolute atomic E-state index is 0.145. The van der Waals surface area contributed by atoms with Gasteiger partial charge in [-0.3, -0.25) is 0 Å². The fourth-order valence-electron chi connectivity index (χ4n) is 2.25. The van der Waals surface area contributed by atoms with Crippen LogP contribution in [-0.2, 0) is 11.2 Å². The highest BCUT2D eigenvalue weighted by molar-refractivity contribution is 6.31. The molecule has 1 aromatic carbocycles. The molecular formula is C15H23ClFNO. The molecule has 0 bridgehead atoms. The zero-order chi connectivity index (χ0) is 14.3. The van der Waals surface area contributed by atoms with Gasteiger partial charge in [-0.1, -0.05) is 31.5 Å². The summed E-state index contributed by atoms with van der Waals surface area (Å²) in [4.78, 5) is 0. The van der Waals surface area contributed by atoms with E-state index in [1.54, 1.807) is 6.07 Å². The van der Waals surface area contributed by atoms with Crippen molar-refractivity contribution < 1.29 is 9.13 Å². The van der Waals surface area contributed by atoms with E-state index >= 15 is 0 Å². The van der Waals surface area contributed by atoms with E-state index < -0.39 is 0 Å². The first kappa shape index (κ1) is 16.4. The first-order valence-corrected chi connectivity index (χ1v) is 7.29. The average Bonchev–Trinajstić information content (AvgIpc) is 2.38. The SMILES string of the molecule is CCNC(Cc1ccc(F)cc1Cl)C(CC)OCC. The molecule has 0 aromatic heterocycles. The van der Waals surface area contributed by atoms with Crippen LogP contribution >= 0.6 is 11.6 Å². The zero-order valence-corrected chi connectivity index (χ0v) is 12.6. The highest BCUT2D eigenvalue weighted by atomic mass is 35.5. The summed E-state index contributed by atoms with van der Waals surface area (Å²) < 4.78 is 18.8. The molecule has 1 rings (SSSR count). The fraction of sp³-hybridized carbons (Fsp3) is 0.600. The van der Waals surface area contributed by atoms with Crippen molar-refractivity contribution in [3.8, 4) is 0 Å². The first-order chi connectivity index (χ1) is 9.12. The van der Waals surface area contributed by atoms with E-state index in [4.69, 9.17) is 16.3 Å². The Morgan fingerprint density at radius 3 is 2.58 bits per heavy atom. The number of benzene rings is 1. The summed E-state index contributed by atoms with van der Waals surface area (Å²) in [5, 5.41) is 3.91. The molecule has 0 saturated carbocycles. The molecule has 1 aromatic rings. The van der Waals surface area contributed by atoms with E-state index in [1.165, 1.54) is 12.1 Å². The van der Waals surface area contributed by atoms with Gasteiger partial charge in [0, 0.05) is 17.7 Å². The van der Waals surface area contributed by atoms with E-state index in [1.807, 2.05) is 6.92 Å². The molecule has 0 spiro atoms. The molecule has 0 heterocycles. The van der Waals surface area contributed by atoms with Crippen molar-refractivity contribution in [2.75, 3.05) is 13.2 Å². The van der Waals surface area contributed by atoms with Crippen molar-refractivity contribution in [3.63, 3.8) is 0 Å². The van der Waals surface area contributed by atoms with Crippen LogP contribution in [0.2, 0.25) is 5.02 Å². The highest BCUT2D eigenvalue weighted by Crippen LogP contribution is 2.20. The second-order valence-corrected chi connectivity index (χ2v) is 4.91. The van der Waals surface area contributed by atoms with Gasteiger partial charge in [-0.05, 0) is 44.0 Å². The van der Waals surface area contributed by atoms with Gasteiger partial charge >= 0.3 is 0 Å². The molecule has 2 nitrogen and oxygen atoms in total. The average molecular weight is 288 g/mol. The van der Waals surface area contributed by atoms with Crippen LogP contribution in [0.15, 0.2) is 18.2 Å². The van der Waals surface area contributed by atoms with Gasteiger partial charge in [-0.2, -0.15) is 0 Å². The molecule has 108 valence electrons. The van der Waals surface area contributed by atoms with Gasteiger partial charge in [0.15, 0.2) is 0 Å². The Kier molecular flexibility index (Phi) is 7.36. The van der Waals surface area contributed by atoms with E-state index in [-0.39, 0.29) is 18.0 Å². The summed E-state index contributed by atoms with van der Waals surface area (Å²) in [7, 11) is 0. The third-order valence-electron chi connectivity index (χ3n) is 3.15. The summed E-state index contributed by atoms with van der Waals surface area (Å²) in [6.07, 6.45) is 1.82. The number of hydrogen-bond donors (Lipinski definition) is 1. The van der Waals surface area contributed by atoms with Crippen LogP contribution in [0.25, 0.3) is 0 Å². The maximum Gasteiger partial charge on any atom is 0.124 e. The number of nitrogens with one attached hydrogen (secondary N) is 1. The molecule has 0 amide bonds. The van der Waals surface area contributed by atoms with E-state index in [2.05, 4.69) is 19.2 Å². The minimum atomic E-state index is -0.300. The summed E-state index contributed by atoms with van der Waals surface area (Å²) in [5.74, 6) is -0.300. The molecule has 0 aliphatic heterocycles. The van der Waals surface area contributed by atoms with Crippen LogP contribution in [0.4, 0.5) is 4.39 Å². The Hall–Kier alpha value is -0.640. The summed E-state index contributed by atoms with van der Waals surface area (Å²) >= 11 is 6.09. The standard InChI is InChI=1S/C15H23ClFNO/c1-4-15(19-6-3)14(18-5-2)9-11-7-8-12(17)10-13(11)16/h7-8,10,14-15,18H,4-6,9H2,1-3H3. The lowest BCUT2D eigenvalue weighted by Gasteiger charge is -2.27. The number of hydrogen-bond acceptors (Lipinski definition) is 2. The Morgan fingerprint density at radius 2 is 2.05 bits per heavy atom. The normalized spacial score (nSPS) is 14.4. The second-order valence-electron chi connectivity index (χ2n) is 4.51. The minimum Gasteiger partial charge on any atom is -0.377 e. The summed E-state index contributed by atoms with van der Waals surface area (Å²) in [5.41, 5.74) is 0.951. The summed E-state index contributed by atoms with van der Waals surface area (Å²) in [6.45, 7) is 7.73. The highest BCUT2D eigenvalue weighted by Gasteiger charge is 2.20. The molecule has 19 heavy (non-hydrogen) atoms. The second kappa shape index (κ2) is 8.51. The van der Waals surface area contributed by atoms with E-state index in [9.17, 15) is 4.39 Å². The van der Waals surface area contributed by atoms with E-state index in [0.717, 1.165) is 24.9 Å². The number of halogens is 2. The van der Waals surface area contributed by atoms with Crippen molar-refractivity contribution in [2.45, 2.75) is 45.8 Å². The molecule has 0 aliphatic carbocycles. The zero-order valence-electron chi connectivity index (χ0n) is 11.9. The van der Waals surface area contributed by atoms with Gasteiger partial charge in [0.2, 0.25) is 0 Å². The van der Waals surface area contributed by atoms with Crippen LogP contribution in [0, 0.1) is 5.82 Å². The van der Waals surface area contributed by atoms with Gasteiger partial charge in [0.25, 0.3) is 0 Å². The molecule has 0 fully saturated rings. The topological polar surface area (TPSA) is 21.3 Å². The maximum absolute atomic E-state index is 13.1. The quantitative estimate of drug-likeness (QED) is 0.785. The molecule has 0 aliphatic rings. The molecule has 2 atom stereocenters. The van der Waals surface area contributed by atoms with Crippen molar-refractivity contribution >= 4 is 11.6 Å². The summed E-state index contributed by atoms with van der Waals surface area (Å²) in [6, 6.07) is 4.76. The molecule has 0 saturated heterocycles. The Bertz CT molecular complexity index is 386. The van der Waals surface area contributed by atoms with Crippen LogP contribution in [0.3, 0.4) is 0 Å². The number of likely N-dealkylation sites (N-methyl/N-ethyl adjacent to an activating group) is 1. The molecular weight excluding hydrogens is 265 g/mol. The van der Waals surface area contributed by atoms with Gasteiger partial charge in [0.05, 0.1) is 6.10 Å². The lowest BCUT2D eigenvalue weighted by molar-refractivity contribution is 0.0323. The van der Waals surface area contributed by atoms with Crippen molar-refractivity contribution in [1.29, 1.82) is 0 Å². The van der Waals surface area contributed by atoms with E-state index in [0.29, 0.717) is 11.6 Å². The van der Waals surface area contributed by atoms with Gasteiger partial charge < -0.3 is 10.1 Å². The van der Waals surface area contributed by atoms with Crippen LogP contribution in [0.5, 0.6) is 0 Å². The van der Waals surface area contributed by atoms with Crippen molar-refractivity contribution in [1.82, 2.24) is 5.32 Å². The molecule has 2 unspecified atom stereocenters. The van der Waals surface area contributed by atoms with Crippen molar-refractivity contribution in [3.05, 3.63) is 34.6 Å². The van der Waals surface area contributed by atoms with Gasteiger partial charge in [0.1, 0.15) is 5.82 Å². The Balaban J connectivity index is 2.81. The lowest BCUT2D eigenvalue weighted by Crippen LogP contribution is -2.42. The monoisotopic (exact) mass is 287 g/mol. The predicted molar refractivity (Wildman–Crippen MR) is 78.3 cm³/mol. The lowest BCUT2D eigenvalue weighted by atomic mass is 9.99. The first-order valence-electron chi connectivity index (χ1n) is 6.91. The van der Waals surface area contributed by atoms with Crippen molar-refractivity contribution in [2.24, 2.45) is 0 Å². The maximum atomic E-state index is 13.1. The molecule has 4 heteroatoms.